The maximum atomic E-state index is 12.8. The highest BCUT2D eigenvalue weighted by Crippen LogP contribution is 2.30. The first-order valence-electron chi connectivity index (χ1n) is 7.24. The summed E-state index contributed by atoms with van der Waals surface area (Å²) in [5, 5.41) is 7.39. The third-order valence-electron chi connectivity index (χ3n) is 3.70. The van der Waals surface area contributed by atoms with E-state index in [0.29, 0.717) is 11.2 Å². The number of hydrogen-bond donors (Lipinski definition) is 1. The zero-order valence-electron chi connectivity index (χ0n) is 13.1. The Kier molecular flexibility index (Phi) is 3.81. The number of hydrogen-bond acceptors (Lipinski definition) is 5. The van der Waals surface area contributed by atoms with Gasteiger partial charge in [0.1, 0.15) is 10.4 Å². The molecule has 0 fully saturated rings. The first-order valence-corrected chi connectivity index (χ1v) is 8.72. The molecular formula is C16H17N3O3S. The molecule has 0 aliphatic rings. The molecule has 0 amide bonds. The molecule has 0 radical (unpaired) electrons. The molecule has 6 nitrogen and oxygen atoms in total. The maximum absolute atomic E-state index is 12.8. The summed E-state index contributed by atoms with van der Waals surface area (Å²) in [6.07, 6.45) is 0. The number of fused-ring (bicyclic) bond motifs is 1. The molecule has 0 saturated carbocycles. The molecule has 1 N–H and O–H groups in total. The summed E-state index contributed by atoms with van der Waals surface area (Å²) in [6.45, 7) is 5.92. The van der Waals surface area contributed by atoms with E-state index in [1.54, 1.807) is 12.1 Å². The summed E-state index contributed by atoms with van der Waals surface area (Å²) in [5.74, 6) is 0.192. The van der Waals surface area contributed by atoms with Crippen LogP contribution >= 0.6 is 0 Å². The maximum Gasteiger partial charge on any atom is 0.264 e. The lowest BCUT2D eigenvalue weighted by molar-refractivity contribution is 0.315. The van der Waals surface area contributed by atoms with Crippen LogP contribution in [0.2, 0.25) is 0 Å². The molecule has 1 aromatic heterocycles. The van der Waals surface area contributed by atoms with Crippen molar-refractivity contribution in [2.24, 2.45) is 0 Å². The molecule has 3 rings (SSSR count). The van der Waals surface area contributed by atoms with Crippen LogP contribution in [0.1, 0.15) is 30.9 Å². The first-order chi connectivity index (χ1) is 10.9. The first kappa shape index (κ1) is 15.5. The molecule has 120 valence electrons. The standard InChI is InChI=1S/C16H17N3O3S/c1-10(2)12-7-4-6-11(3)15(12)19-23(20,21)14-9-5-8-13-16(14)18-22-17-13/h4-10,19H,1-3H3. The van der Waals surface area contributed by atoms with Gasteiger partial charge in [0, 0.05) is 0 Å². The number of aromatic nitrogens is 2. The second-order valence-corrected chi connectivity index (χ2v) is 7.34. The Morgan fingerprint density at radius 2 is 1.83 bits per heavy atom. The van der Waals surface area contributed by atoms with Crippen molar-refractivity contribution in [3.8, 4) is 0 Å². The van der Waals surface area contributed by atoms with Gasteiger partial charge in [0.15, 0.2) is 5.52 Å². The smallest absolute Gasteiger partial charge is 0.264 e. The predicted molar refractivity (Wildman–Crippen MR) is 87.9 cm³/mol. The van der Waals surface area contributed by atoms with Gasteiger partial charge in [0.2, 0.25) is 0 Å². The van der Waals surface area contributed by atoms with Gasteiger partial charge >= 0.3 is 0 Å². The fourth-order valence-corrected chi connectivity index (χ4v) is 3.81. The quantitative estimate of drug-likeness (QED) is 0.791. The number of aryl methyl sites for hydroxylation is 1. The molecular weight excluding hydrogens is 314 g/mol. The van der Waals surface area contributed by atoms with Crippen molar-refractivity contribution < 1.29 is 13.0 Å². The van der Waals surface area contributed by atoms with Crippen LogP contribution in [0.5, 0.6) is 0 Å². The average molecular weight is 331 g/mol. The molecule has 0 atom stereocenters. The summed E-state index contributed by atoms with van der Waals surface area (Å²) in [5.41, 5.74) is 3.04. The largest absolute Gasteiger partial charge is 0.279 e. The summed E-state index contributed by atoms with van der Waals surface area (Å²) in [7, 11) is -3.80. The normalized spacial score (nSPS) is 12.0. The summed E-state index contributed by atoms with van der Waals surface area (Å²) in [6, 6.07) is 10.5. The van der Waals surface area contributed by atoms with Gasteiger partial charge in [-0.25, -0.2) is 13.0 Å². The van der Waals surface area contributed by atoms with E-state index >= 15 is 0 Å². The molecule has 0 saturated heterocycles. The van der Waals surface area contributed by atoms with Crippen molar-refractivity contribution in [3.63, 3.8) is 0 Å². The number of benzene rings is 2. The summed E-state index contributed by atoms with van der Waals surface area (Å²) in [4.78, 5) is 0.0502. The van der Waals surface area contributed by atoms with Gasteiger partial charge in [0.05, 0.1) is 5.69 Å². The van der Waals surface area contributed by atoms with Crippen LogP contribution in [0.25, 0.3) is 11.0 Å². The lowest BCUT2D eigenvalue weighted by Crippen LogP contribution is -2.16. The van der Waals surface area contributed by atoms with Gasteiger partial charge in [-0.1, -0.05) is 38.1 Å². The third-order valence-corrected chi connectivity index (χ3v) is 5.08. The molecule has 2 aromatic carbocycles. The summed E-state index contributed by atoms with van der Waals surface area (Å²) >= 11 is 0. The van der Waals surface area contributed by atoms with Gasteiger partial charge < -0.3 is 0 Å². The lowest BCUT2D eigenvalue weighted by atomic mass is 9.99. The Balaban J connectivity index is 2.11. The van der Waals surface area contributed by atoms with E-state index in [2.05, 4.69) is 19.7 Å². The van der Waals surface area contributed by atoms with Crippen LogP contribution in [0.15, 0.2) is 45.9 Å². The minimum absolute atomic E-state index is 0.0502. The monoisotopic (exact) mass is 331 g/mol. The van der Waals surface area contributed by atoms with E-state index < -0.39 is 10.0 Å². The van der Waals surface area contributed by atoms with Crippen LogP contribution in [-0.4, -0.2) is 18.7 Å². The van der Waals surface area contributed by atoms with E-state index in [4.69, 9.17) is 0 Å². The molecule has 23 heavy (non-hydrogen) atoms. The Hall–Kier alpha value is -2.41. The number of nitrogens with one attached hydrogen (secondary N) is 1. The van der Waals surface area contributed by atoms with Crippen molar-refractivity contribution in [1.29, 1.82) is 0 Å². The van der Waals surface area contributed by atoms with Gasteiger partial charge in [-0.05, 0) is 46.4 Å². The van der Waals surface area contributed by atoms with Crippen molar-refractivity contribution in [3.05, 3.63) is 47.5 Å². The van der Waals surface area contributed by atoms with Crippen molar-refractivity contribution in [2.45, 2.75) is 31.6 Å². The van der Waals surface area contributed by atoms with E-state index in [9.17, 15) is 8.42 Å². The van der Waals surface area contributed by atoms with Crippen LogP contribution in [-0.2, 0) is 10.0 Å². The highest BCUT2D eigenvalue weighted by Gasteiger charge is 2.22. The van der Waals surface area contributed by atoms with Gasteiger partial charge in [-0.2, -0.15) is 0 Å². The Labute approximate surface area is 134 Å². The van der Waals surface area contributed by atoms with Crippen LogP contribution in [0.4, 0.5) is 5.69 Å². The Morgan fingerprint density at radius 3 is 2.57 bits per heavy atom. The molecule has 0 aliphatic heterocycles. The zero-order chi connectivity index (χ0) is 16.6. The highest BCUT2D eigenvalue weighted by atomic mass is 32.2. The minimum Gasteiger partial charge on any atom is -0.279 e. The topological polar surface area (TPSA) is 85.1 Å². The van der Waals surface area contributed by atoms with Gasteiger partial charge in [-0.3, -0.25) is 4.72 Å². The molecule has 0 spiro atoms. The number of para-hydroxylation sites is 1. The van der Waals surface area contributed by atoms with Crippen LogP contribution in [0, 0.1) is 6.92 Å². The summed E-state index contributed by atoms with van der Waals surface area (Å²) < 4.78 is 33.0. The SMILES string of the molecule is Cc1cccc(C(C)C)c1NS(=O)(=O)c1cccc2nonc12. The highest BCUT2D eigenvalue weighted by molar-refractivity contribution is 7.93. The molecule has 0 bridgehead atoms. The van der Waals surface area contributed by atoms with Crippen molar-refractivity contribution in [1.82, 2.24) is 10.3 Å². The average Bonchev–Trinajstić information content (AvgIpc) is 2.97. The molecule has 0 unspecified atom stereocenters. The second-order valence-electron chi connectivity index (χ2n) is 5.69. The number of rotatable bonds is 4. The van der Waals surface area contributed by atoms with Crippen LogP contribution in [0.3, 0.4) is 0 Å². The number of sulfonamides is 1. The lowest BCUT2D eigenvalue weighted by Gasteiger charge is -2.17. The number of anilines is 1. The molecule has 3 aromatic rings. The Morgan fingerprint density at radius 1 is 1.09 bits per heavy atom. The fraction of sp³-hybridized carbons (Fsp3) is 0.250. The fourth-order valence-electron chi connectivity index (χ4n) is 2.50. The van der Waals surface area contributed by atoms with E-state index in [1.807, 2.05) is 39.0 Å². The second kappa shape index (κ2) is 5.66. The van der Waals surface area contributed by atoms with E-state index in [1.165, 1.54) is 6.07 Å². The number of nitrogens with zero attached hydrogens (tertiary/aromatic N) is 2. The zero-order valence-corrected chi connectivity index (χ0v) is 13.9. The van der Waals surface area contributed by atoms with Crippen LogP contribution < -0.4 is 4.72 Å². The third kappa shape index (κ3) is 2.79. The predicted octanol–water partition coefficient (Wildman–Crippen LogP) is 3.46. The molecule has 1 heterocycles. The molecule has 0 aliphatic carbocycles. The molecule has 7 heteroatoms. The van der Waals surface area contributed by atoms with E-state index in [0.717, 1.165) is 11.1 Å². The minimum atomic E-state index is -3.80. The van der Waals surface area contributed by atoms with Crippen molar-refractivity contribution in [2.75, 3.05) is 4.72 Å². The van der Waals surface area contributed by atoms with Gasteiger partial charge in [0.25, 0.3) is 10.0 Å². The van der Waals surface area contributed by atoms with E-state index in [-0.39, 0.29) is 16.3 Å². The van der Waals surface area contributed by atoms with Gasteiger partial charge in [-0.15, -0.1) is 0 Å². The van der Waals surface area contributed by atoms with Crippen molar-refractivity contribution >= 4 is 26.7 Å². The Bertz CT molecular complexity index is 962.